The maximum atomic E-state index is 13.6. The van der Waals surface area contributed by atoms with Crippen LogP contribution in [0.5, 0.6) is 0 Å². The normalized spacial score (nSPS) is 12.6. The third kappa shape index (κ3) is 8.96. The number of carbonyl (C=O) groups excluding carboxylic acids is 2. The van der Waals surface area contributed by atoms with Crippen LogP contribution in [0.3, 0.4) is 0 Å². The summed E-state index contributed by atoms with van der Waals surface area (Å²) in [4.78, 5) is 26.3. The lowest BCUT2D eigenvalue weighted by molar-refractivity contribution is -0.135. The number of hydrogen-bond acceptors (Lipinski definition) is 6. The van der Waals surface area contributed by atoms with Crippen molar-refractivity contribution in [2.75, 3.05) is 8.61 Å². The lowest BCUT2D eigenvalue weighted by Crippen LogP contribution is -2.54. The lowest BCUT2D eigenvalue weighted by atomic mass is 10.1. The molecule has 0 heterocycles. The van der Waals surface area contributed by atoms with Gasteiger partial charge in [0.15, 0.2) is 0 Å². The minimum Gasteiger partial charge on any atom is -0.262 e. The molecule has 0 aliphatic heterocycles. The quantitative estimate of drug-likeness (QED) is 0.122. The van der Waals surface area contributed by atoms with Crippen molar-refractivity contribution in [2.24, 2.45) is 0 Å². The van der Waals surface area contributed by atoms with Crippen LogP contribution in [-0.4, -0.2) is 39.7 Å². The maximum Gasteiger partial charge on any atom is 0.517 e. The van der Waals surface area contributed by atoms with Gasteiger partial charge in [-0.2, -0.15) is 51.8 Å². The van der Waals surface area contributed by atoms with Gasteiger partial charge in [-0.25, -0.2) is 0 Å². The highest BCUT2D eigenvalue weighted by Crippen LogP contribution is 2.35. The van der Waals surface area contributed by atoms with Gasteiger partial charge >= 0.3 is 42.9 Å². The Bertz CT molecular complexity index is 1360. The average molecular weight is 673 g/mol. The molecule has 0 saturated carbocycles. The monoisotopic (exact) mass is 672 g/mol. The number of unbranched alkanes of at least 4 members (excludes halogenated alkanes) is 6. The van der Waals surface area contributed by atoms with Gasteiger partial charge in [0.05, 0.1) is 11.4 Å². The van der Waals surface area contributed by atoms with Gasteiger partial charge in [-0.1, -0.05) is 76.6 Å². The van der Waals surface area contributed by atoms with E-state index in [9.17, 15) is 52.8 Å². The summed E-state index contributed by atoms with van der Waals surface area (Å²) in [6, 6.07) is 7.89. The second-order valence-electron chi connectivity index (χ2n) is 9.99. The molecular weight excluding hydrogens is 638 g/mol. The average Bonchev–Trinajstić information content (AvgIpc) is 2.93. The van der Waals surface area contributed by atoms with E-state index < -0.39 is 62.9 Å². The third-order valence-electron chi connectivity index (χ3n) is 6.60. The number of hydrogen-bond donors (Lipinski definition) is 0. The molecule has 0 aromatic heterocycles. The summed E-state index contributed by atoms with van der Waals surface area (Å²) in [6.07, 6.45) is 7.67. The summed E-state index contributed by atoms with van der Waals surface area (Å²) < 4.78 is 130. The van der Waals surface area contributed by atoms with E-state index in [-0.39, 0.29) is 0 Å². The first kappa shape index (κ1) is 37.0. The molecule has 0 aliphatic rings. The summed E-state index contributed by atoms with van der Waals surface area (Å²) in [5.74, 6) is -5.37. The number of alkyl halides is 6. The highest BCUT2D eigenvalue weighted by Gasteiger charge is 2.58. The third-order valence-corrected chi connectivity index (χ3v) is 9.48. The van der Waals surface area contributed by atoms with Gasteiger partial charge in [0.25, 0.3) is 0 Å². The van der Waals surface area contributed by atoms with E-state index >= 15 is 0 Å². The van der Waals surface area contributed by atoms with Gasteiger partial charge in [0.1, 0.15) is 0 Å². The summed E-state index contributed by atoms with van der Waals surface area (Å²) in [5.41, 5.74) is -13.3. The van der Waals surface area contributed by atoms with Crippen LogP contribution < -0.4 is 8.61 Å². The Kier molecular flexibility index (Phi) is 12.8. The molecule has 0 spiro atoms. The Balaban J connectivity index is 2.58. The van der Waals surface area contributed by atoms with Crippen LogP contribution in [0.4, 0.5) is 37.7 Å². The van der Waals surface area contributed by atoms with Crippen LogP contribution in [0, 0.1) is 0 Å². The minimum absolute atomic E-state index is 0.450. The predicted octanol–water partition coefficient (Wildman–Crippen LogP) is 7.00. The Morgan fingerprint density at radius 1 is 0.545 bits per heavy atom. The van der Waals surface area contributed by atoms with E-state index in [0.29, 0.717) is 36.8 Å². The van der Waals surface area contributed by atoms with Crippen molar-refractivity contribution in [3.8, 4) is 0 Å². The van der Waals surface area contributed by atoms with Gasteiger partial charge < -0.3 is 0 Å². The molecule has 246 valence electrons. The van der Waals surface area contributed by atoms with Crippen LogP contribution in [-0.2, 0) is 42.5 Å². The Morgan fingerprint density at radius 2 is 0.841 bits per heavy atom. The molecule has 2 rings (SSSR count). The Labute approximate surface area is 253 Å². The van der Waals surface area contributed by atoms with Gasteiger partial charge in [-0.3, -0.25) is 9.59 Å². The second-order valence-corrected chi connectivity index (χ2v) is 13.6. The molecule has 0 saturated heterocycles. The van der Waals surface area contributed by atoms with E-state index in [1.807, 2.05) is 13.8 Å². The highest BCUT2D eigenvalue weighted by atomic mass is 32.2. The molecule has 0 radical (unpaired) electrons. The molecule has 44 heavy (non-hydrogen) atoms. The van der Waals surface area contributed by atoms with E-state index in [1.165, 1.54) is 24.3 Å². The summed E-state index contributed by atoms with van der Waals surface area (Å²) >= 11 is 0. The molecule has 2 aromatic carbocycles. The SMILES string of the molecule is CCCCCCc1ccc(N(C(=O)C(=O)N(c2ccc(CCCCCC)cc2)S(=O)(=O)C(F)(F)F)S(=O)(=O)C(F)(F)F)cc1. The minimum atomic E-state index is -6.73. The first-order valence-corrected chi connectivity index (χ1v) is 16.8. The van der Waals surface area contributed by atoms with Crippen molar-refractivity contribution < 1.29 is 52.8 Å². The van der Waals surface area contributed by atoms with E-state index in [1.54, 1.807) is 0 Å². The zero-order valence-corrected chi connectivity index (χ0v) is 25.8. The fraction of sp³-hybridized carbons (Fsp3) is 0.500. The largest absolute Gasteiger partial charge is 0.517 e. The molecule has 2 aromatic rings. The Morgan fingerprint density at radius 3 is 1.09 bits per heavy atom. The molecule has 8 nitrogen and oxygen atoms in total. The molecule has 0 fully saturated rings. The van der Waals surface area contributed by atoms with E-state index in [2.05, 4.69) is 0 Å². The number of anilines is 2. The summed E-state index contributed by atoms with van der Waals surface area (Å²) in [5, 5.41) is 0. The van der Waals surface area contributed by atoms with E-state index in [0.717, 1.165) is 62.8 Å². The van der Waals surface area contributed by atoms with Crippen molar-refractivity contribution in [2.45, 2.75) is 89.1 Å². The number of halogens is 6. The van der Waals surface area contributed by atoms with Crippen LogP contribution >= 0.6 is 0 Å². The molecule has 0 atom stereocenters. The molecule has 0 N–H and O–H groups in total. The number of amides is 2. The number of aryl methyl sites for hydroxylation is 2. The molecule has 2 amide bonds. The molecule has 0 bridgehead atoms. The van der Waals surface area contributed by atoms with E-state index in [4.69, 9.17) is 0 Å². The number of carbonyl (C=O) groups is 2. The Hall–Kier alpha value is -3.14. The highest BCUT2D eigenvalue weighted by molar-refractivity contribution is 7.95. The standard InChI is InChI=1S/C28H34F6N2O6S2/c1-3-5-7-9-11-21-13-17-23(18-14-21)35(43(39,40)27(29,30)31)25(37)26(38)36(44(41,42)28(32,33)34)24-19-15-22(16-20-24)12-10-8-6-4-2/h13-20H,3-12H2,1-2H3. The maximum absolute atomic E-state index is 13.6. The molecule has 0 unspecified atom stereocenters. The van der Waals surface area contributed by atoms with Crippen LogP contribution in [0.25, 0.3) is 0 Å². The zero-order valence-electron chi connectivity index (χ0n) is 24.1. The number of benzene rings is 2. The summed E-state index contributed by atoms with van der Waals surface area (Å²) in [6.45, 7) is 3.96. The van der Waals surface area contributed by atoms with Crippen molar-refractivity contribution in [1.82, 2.24) is 0 Å². The number of rotatable bonds is 14. The predicted molar refractivity (Wildman–Crippen MR) is 153 cm³/mol. The fourth-order valence-electron chi connectivity index (χ4n) is 4.22. The van der Waals surface area contributed by atoms with Crippen LogP contribution in [0.15, 0.2) is 48.5 Å². The first-order valence-electron chi connectivity index (χ1n) is 13.9. The molecule has 0 aliphatic carbocycles. The molecule has 16 heteroatoms. The number of sulfonamides is 2. The van der Waals surface area contributed by atoms with Crippen LogP contribution in [0.1, 0.15) is 76.3 Å². The lowest BCUT2D eigenvalue weighted by Gasteiger charge is -2.27. The zero-order chi connectivity index (χ0) is 33.3. The van der Waals surface area contributed by atoms with Gasteiger partial charge in [-0.15, -0.1) is 0 Å². The van der Waals surface area contributed by atoms with Crippen LogP contribution in [0.2, 0.25) is 0 Å². The number of nitrogens with zero attached hydrogens (tertiary/aromatic N) is 2. The van der Waals surface area contributed by atoms with Gasteiger partial charge in [0, 0.05) is 0 Å². The van der Waals surface area contributed by atoms with Crippen molar-refractivity contribution >= 4 is 43.2 Å². The fourth-order valence-corrected chi connectivity index (χ4v) is 6.02. The topological polar surface area (TPSA) is 109 Å². The van der Waals surface area contributed by atoms with Crippen molar-refractivity contribution in [3.63, 3.8) is 0 Å². The smallest absolute Gasteiger partial charge is 0.262 e. The molecular formula is C28H34F6N2O6S2. The summed E-state index contributed by atoms with van der Waals surface area (Å²) in [7, 11) is -13.5. The van der Waals surface area contributed by atoms with Crippen molar-refractivity contribution in [3.05, 3.63) is 59.7 Å². The second kappa shape index (κ2) is 15.2. The van der Waals surface area contributed by atoms with Gasteiger partial charge in [-0.05, 0) is 61.1 Å². The van der Waals surface area contributed by atoms with Gasteiger partial charge in [0.2, 0.25) is 0 Å². The van der Waals surface area contributed by atoms with Crippen molar-refractivity contribution in [1.29, 1.82) is 0 Å². The first-order chi connectivity index (χ1) is 20.4.